The number of benzene rings is 1. The van der Waals surface area contributed by atoms with Crippen LogP contribution in [0.3, 0.4) is 0 Å². The van der Waals surface area contributed by atoms with Crippen LogP contribution in [-0.2, 0) is 20.7 Å². The van der Waals surface area contributed by atoms with E-state index in [4.69, 9.17) is 18.9 Å². The van der Waals surface area contributed by atoms with Crippen molar-refractivity contribution in [1.29, 1.82) is 0 Å². The third kappa shape index (κ3) is 8.08. The fourth-order valence-electron chi connectivity index (χ4n) is 4.45. The second-order valence-corrected chi connectivity index (χ2v) is 9.74. The molecule has 0 unspecified atom stereocenters. The van der Waals surface area contributed by atoms with E-state index in [1.54, 1.807) is 14.2 Å². The first-order valence-electron chi connectivity index (χ1n) is 12.1. The summed E-state index contributed by atoms with van der Waals surface area (Å²) in [5.41, 5.74) is 1.08. The van der Waals surface area contributed by atoms with Gasteiger partial charge in [0.1, 0.15) is 6.10 Å². The summed E-state index contributed by atoms with van der Waals surface area (Å²) in [5, 5.41) is 12.1. The number of hydrogen-bond acceptors (Lipinski definition) is 6. The molecule has 1 fully saturated rings. The van der Waals surface area contributed by atoms with Crippen LogP contribution in [0.5, 0.6) is 11.5 Å². The van der Waals surface area contributed by atoms with Crippen molar-refractivity contribution in [3.63, 3.8) is 0 Å². The van der Waals surface area contributed by atoms with E-state index < -0.39 is 18.2 Å². The first-order valence-corrected chi connectivity index (χ1v) is 12.1. The predicted octanol–water partition coefficient (Wildman–Crippen LogP) is 4.54. The molecule has 2 rings (SSSR count). The van der Waals surface area contributed by atoms with E-state index in [0.29, 0.717) is 43.5 Å². The number of hydrogen-bond donors (Lipinski definition) is 2. The molecule has 1 aromatic rings. The number of carbonyl (C=O) groups excluding carboxylic acids is 1. The van der Waals surface area contributed by atoms with Crippen LogP contribution in [0.1, 0.15) is 52.5 Å². The van der Waals surface area contributed by atoms with Crippen LogP contribution >= 0.6 is 0 Å². The Morgan fingerprint density at radius 2 is 1.91 bits per heavy atom. The SMILES string of the molecule is COCCCOc1cc(C[C@@H](C[C@H](NC(=O)O)[C@@H]2C[C@@H](C(C)C)C(=O)O2)C(C)C)ccc1OC. The lowest BCUT2D eigenvalue weighted by molar-refractivity contribution is -0.146. The van der Waals surface area contributed by atoms with E-state index in [-0.39, 0.29) is 23.7 Å². The minimum absolute atomic E-state index is 0.158. The number of nitrogens with one attached hydrogen (secondary N) is 1. The van der Waals surface area contributed by atoms with E-state index in [9.17, 15) is 14.7 Å². The molecule has 34 heavy (non-hydrogen) atoms. The number of cyclic esters (lactones) is 1. The molecule has 4 atom stereocenters. The molecule has 0 bridgehead atoms. The van der Waals surface area contributed by atoms with Crippen molar-refractivity contribution in [1.82, 2.24) is 5.32 Å². The van der Waals surface area contributed by atoms with Crippen LogP contribution in [0.25, 0.3) is 0 Å². The Morgan fingerprint density at radius 3 is 2.47 bits per heavy atom. The van der Waals surface area contributed by atoms with Crippen molar-refractivity contribution in [3.05, 3.63) is 23.8 Å². The van der Waals surface area contributed by atoms with Crippen molar-refractivity contribution >= 4 is 12.1 Å². The normalized spacial score (nSPS) is 19.7. The molecule has 1 aliphatic rings. The van der Waals surface area contributed by atoms with Crippen molar-refractivity contribution < 1.29 is 33.6 Å². The molecule has 1 heterocycles. The van der Waals surface area contributed by atoms with E-state index in [1.165, 1.54) is 0 Å². The van der Waals surface area contributed by atoms with E-state index in [2.05, 4.69) is 19.2 Å². The standard InChI is InChI=1S/C26H41NO7/c1-16(2)19(12-18-8-9-22(32-6)24(13-18)33-11-7-10-31-5)14-21(27-26(29)30)23-15-20(17(3)4)25(28)34-23/h8-9,13,16-17,19-21,23,27H,7,10-12,14-15H2,1-6H3,(H,29,30)/t19-,20-,21-,23-/m0/s1. The van der Waals surface area contributed by atoms with Crippen LogP contribution < -0.4 is 14.8 Å². The number of carboxylic acid groups (broad SMARTS) is 1. The molecule has 8 heteroatoms. The van der Waals surface area contributed by atoms with Crippen LogP contribution in [0.4, 0.5) is 4.79 Å². The largest absolute Gasteiger partial charge is 0.493 e. The monoisotopic (exact) mass is 479 g/mol. The average Bonchev–Trinajstić information content (AvgIpc) is 3.17. The number of esters is 1. The lowest BCUT2D eigenvalue weighted by Crippen LogP contribution is -2.44. The highest BCUT2D eigenvalue weighted by Gasteiger charge is 2.41. The van der Waals surface area contributed by atoms with Crippen molar-refractivity contribution in [2.24, 2.45) is 23.7 Å². The number of ether oxygens (including phenoxy) is 4. The Morgan fingerprint density at radius 1 is 1.18 bits per heavy atom. The topological polar surface area (TPSA) is 103 Å². The Labute approximate surface area is 203 Å². The molecule has 1 amide bonds. The number of amides is 1. The van der Waals surface area contributed by atoms with Gasteiger partial charge >= 0.3 is 12.1 Å². The fraction of sp³-hybridized carbons (Fsp3) is 0.692. The molecule has 0 aromatic heterocycles. The first kappa shape index (κ1) is 27.8. The summed E-state index contributed by atoms with van der Waals surface area (Å²) < 4.78 is 22.1. The first-order chi connectivity index (χ1) is 16.2. The van der Waals surface area contributed by atoms with Crippen LogP contribution in [0.2, 0.25) is 0 Å². The molecule has 0 saturated carbocycles. The zero-order valence-electron chi connectivity index (χ0n) is 21.3. The molecule has 192 valence electrons. The molecule has 1 aromatic carbocycles. The van der Waals surface area contributed by atoms with Gasteiger partial charge in [-0.25, -0.2) is 4.79 Å². The fourth-order valence-corrected chi connectivity index (χ4v) is 4.45. The molecular weight excluding hydrogens is 438 g/mol. The number of carbonyl (C=O) groups is 2. The summed E-state index contributed by atoms with van der Waals surface area (Å²) in [6.07, 6.45) is 1.07. The zero-order valence-corrected chi connectivity index (χ0v) is 21.3. The predicted molar refractivity (Wildman–Crippen MR) is 129 cm³/mol. The second kappa shape index (κ2) is 13.4. The maximum atomic E-state index is 12.3. The van der Waals surface area contributed by atoms with Gasteiger partial charge in [-0.15, -0.1) is 0 Å². The van der Waals surface area contributed by atoms with E-state index in [1.807, 2.05) is 32.0 Å². The van der Waals surface area contributed by atoms with Gasteiger partial charge in [0.25, 0.3) is 0 Å². The maximum Gasteiger partial charge on any atom is 0.405 e. The van der Waals surface area contributed by atoms with Gasteiger partial charge in [-0.1, -0.05) is 33.8 Å². The molecule has 2 N–H and O–H groups in total. The number of rotatable bonds is 14. The highest BCUT2D eigenvalue weighted by molar-refractivity contribution is 5.75. The Balaban J connectivity index is 2.16. The third-order valence-electron chi connectivity index (χ3n) is 6.59. The van der Waals surface area contributed by atoms with Crippen molar-refractivity contribution in [3.8, 4) is 11.5 Å². The minimum atomic E-state index is -1.10. The van der Waals surface area contributed by atoms with Gasteiger partial charge in [-0.3, -0.25) is 4.79 Å². The summed E-state index contributed by atoms with van der Waals surface area (Å²) in [6, 6.07) is 5.45. The second-order valence-electron chi connectivity index (χ2n) is 9.74. The van der Waals surface area contributed by atoms with Gasteiger partial charge < -0.3 is 29.4 Å². The Hall–Kier alpha value is -2.48. The highest BCUT2D eigenvalue weighted by Crippen LogP contribution is 2.34. The van der Waals surface area contributed by atoms with Crippen LogP contribution in [0.15, 0.2) is 18.2 Å². The molecule has 0 radical (unpaired) electrons. The zero-order chi connectivity index (χ0) is 25.3. The van der Waals surface area contributed by atoms with Gasteiger partial charge in [-0.05, 0) is 54.7 Å². The van der Waals surface area contributed by atoms with Gasteiger partial charge in [0, 0.05) is 20.1 Å². The van der Waals surface area contributed by atoms with Gasteiger partial charge in [0.2, 0.25) is 0 Å². The average molecular weight is 480 g/mol. The molecular formula is C26H41NO7. The molecule has 1 aliphatic heterocycles. The molecule has 0 aliphatic carbocycles. The summed E-state index contributed by atoms with van der Waals surface area (Å²) in [7, 11) is 3.28. The summed E-state index contributed by atoms with van der Waals surface area (Å²) in [6.45, 7) is 9.39. The van der Waals surface area contributed by atoms with Crippen molar-refractivity contribution in [2.75, 3.05) is 27.4 Å². The third-order valence-corrected chi connectivity index (χ3v) is 6.59. The Kier molecular flexibility index (Phi) is 11.0. The molecule has 8 nitrogen and oxygen atoms in total. The summed E-state index contributed by atoms with van der Waals surface area (Å²) in [4.78, 5) is 23.9. The smallest absolute Gasteiger partial charge is 0.405 e. The molecule has 1 saturated heterocycles. The van der Waals surface area contributed by atoms with E-state index in [0.717, 1.165) is 18.4 Å². The van der Waals surface area contributed by atoms with Gasteiger partial charge in [0.05, 0.1) is 25.7 Å². The quantitative estimate of drug-likeness (QED) is 0.298. The number of methoxy groups -OCH3 is 2. The lowest BCUT2D eigenvalue weighted by atomic mass is 9.81. The molecule has 0 spiro atoms. The minimum Gasteiger partial charge on any atom is -0.493 e. The lowest BCUT2D eigenvalue weighted by Gasteiger charge is -2.29. The summed E-state index contributed by atoms with van der Waals surface area (Å²) >= 11 is 0. The maximum absolute atomic E-state index is 12.3. The van der Waals surface area contributed by atoms with Gasteiger partial charge in [-0.2, -0.15) is 0 Å². The summed E-state index contributed by atoms with van der Waals surface area (Å²) in [5.74, 6) is 1.55. The Bertz CT molecular complexity index is 795. The van der Waals surface area contributed by atoms with E-state index >= 15 is 0 Å². The van der Waals surface area contributed by atoms with Gasteiger partial charge in [0.15, 0.2) is 11.5 Å². The van der Waals surface area contributed by atoms with Crippen molar-refractivity contribution in [2.45, 2.75) is 65.5 Å². The highest BCUT2D eigenvalue weighted by atomic mass is 16.6. The van der Waals surface area contributed by atoms with Crippen LogP contribution in [-0.4, -0.2) is 56.7 Å². The van der Waals surface area contributed by atoms with Crippen LogP contribution in [0, 0.1) is 23.7 Å².